The molecule has 1 amide bonds. The van der Waals surface area contributed by atoms with Crippen LogP contribution in [-0.2, 0) is 17.4 Å². The zero-order valence-electron chi connectivity index (χ0n) is 17.9. The largest absolute Gasteiger partial charge is 0.338 e. The van der Waals surface area contributed by atoms with Gasteiger partial charge < -0.3 is 10.6 Å². The molecule has 164 valence electrons. The highest BCUT2D eigenvalue weighted by atomic mass is 32.1. The van der Waals surface area contributed by atoms with Gasteiger partial charge >= 0.3 is 0 Å². The zero-order chi connectivity index (χ0) is 22.0. The van der Waals surface area contributed by atoms with Crippen molar-refractivity contribution in [2.75, 3.05) is 13.1 Å². The van der Waals surface area contributed by atoms with Crippen LogP contribution in [0.25, 0.3) is 11.4 Å². The Hall–Kier alpha value is -2.72. The van der Waals surface area contributed by atoms with E-state index in [1.165, 1.54) is 11.3 Å². The van der Waals surface area contributed by atoms with E-state index in [1.807, 2.05) is 19.2 Å². The molecule has 1 aliphatic heterocycles. The minimum Gasteiger partial charge on any atom is -0.338 e. The number of thiazole rings is 1. The first-order chi connectivity index (χ1) is 15.0. The van der Waals surface area contributed by atoms with Crippen molar-refractivity contribution in [3.63, 3.8) is 0 Å². The summed E-state index contributed by atoms with van der Waals surface area (Å²) in [5, 5.41) is 12.6. The Morgan fingerprint density at radius 2 is 2.13 bits per heavy atom. The van der Waals surface area contributed by atoms with Gasteiger partial charge in [0.1, 0.15) is 11.2 Å². The molecule has 0 aliphatic carbocycles. The molecule has 4 heterocycles. The Kier molecular flexibility index (Phi) is 6.10. The van der Waals surface area contributed by atoms with Gasteiger partial charge in [-0.1, -0.05) is 6.92 Å². The molecule has 1 aliphatic rings. The van der Waals surface area contributed by atoms with E-state index in [0.717, 1.165) is 37.7 Å². The summed E-state index contributed by atoms with van der Waals surface area (Å²) in [5.41, 5.74) is 2.87. The number of hydrogen-bond acceptors (Lipinski definition) is 7. The number of carbonyl (C=O) groups excluding carboxylic acids is 1. The lowest BCUT2D eigenvalue weighted by Crippen LogP contribution is -2.51. The SMILES string of the molecule is CCC(NC(=O)C1CCNCC1)(c1cscn1)c1ncc(F)c(-c2c(C)cnn2C)n1. The van der Waals surface area contributed by atoms with E-state index < -0.39 is 11.4 Å². The summed E-state index contributed by atoms with van der Waals surface area (Å²) in [7, 11) is 1.75. The summed E-state index contributed by atoms with van der Waals surface area (Å²) in [4.78, 5) is 26.7. The van der Waals surface area contributed by atoms with Crippen molar-refractivity contribution in [3.05, 3.63) is 46.2 Å². The Balaban J connectivity index is 1.81. The number of piperidine rings is 1. The second kappa shape index (κ2) is 8.80. The summed E-state index contributed by atoms with van der Waals surface area (Å²) < 4.78 is 16.4. The van der Waals surface area contributed by atoms with Gasteiger partial charge in [-0.2, -0.15) is 5.10 Å². The molecule has 4 rings (SSSR count). The van der Waals surface area contributed by atoms with Crippen molar-refractivity contribution in [2.24, 2.45) is 13.0 Å². The highest BCUT2D eigenvalue weighted by Gasteiger charge is 2.41. The summed E-state index contributed by atoms with van der Waals surface area (Å²) in [6.07, 6.45) is 4.85. The molecule has 1 fully saturated rings. The third-order valence-electron chi connectivity index (χ3n) is 5.92. The van der Waals surface area contributed by atoms with E-state index in [2.05, 4.69) is 30.7 Å². The standard InChI is InChI=1S/C21H26FN7OS/c1-4-21(16-11-31-12-25-16,28-19(30)14-5-7-23-8-6-14)20-24-10-15(22)17(27-20)18-13(2)9-26-29(18)3/h9-12,14,23H,4-8H2,1-3H3,(H,28,30). The lowest BCUT2D eigenvalue weighted by Gasteiger charge is -2.33. The maximum absolute atomic E-state index is 14.8. The number of hydrogen-bond donors (Lipinski definition) is 2. The van der Waals surface area contributed by atoms with E-state index in [1.54, 1.807) is 23.4 Å². The maximum Gasteiger partial charge on any atom is 0.224 e. The van der Waals surface area contributed by atoms with Gasteiger partial charge in [-0.05, 0) is 44.8 Å². The first-order valence-electron chi connectivity index (χ1n) is 10.4. The van der Waals surface area contributed by atoms with Crippen molar-refractivity contribution in [2.45, 2.75) is 38.6 Å². The molecular weight excluding hydrogens is 417 g/mol. The molecule has 0 bridgehead atoms. The molecule has 3 aromatic rings. The van der Waals surface area contributed by atoms with Gasteiger partial charge in [0.05, 0.1) is 29.3 Å². The van der Waals surface area contributed by atoms with Crippen molar-refractivity contribution >= 4 is 17.2 Å². The molecule has 8 nitrogen and oxygen atoms in total. The van der Waals surface area contributed by atoms with Crippen LogP contribution in [0.4, 0.5) is 4.39 Å². The smallest absolute Gasteiger partial charge is 0.224 e. The Morgan fingerprint density at radius 1 is 1.35 bits per heavy atom. The minimum absolute atomic E-state index is 0.0532. The second-order valence-electron chi connectivity index (χ2n) is 7.84. The zero-order valence-corrected chi connectivity index (χ0v) is 18.7. The number of halogens is 1. The third-order valence-corrected chi connectivity index (χ3v) is 6.50. The minimum atomic E-state index is -1.04. The number of rotatable bonds is 6. The number of carbonyl (C=O) groups is 1. The van der Waals surface area contributed by atoms with Crippen molar-refractivity contribution < 1.29 is 9.18 Å². The molecule has 1 saturated heterocycles. The van der Waals surface area contributed by atoms with Crippen LogP contribution in [0.3, 0.4) is 0 Å². The summed E-state index contributed by atoms with van der Waals surface area (Å²) in [6.45, 7) is 5.43. The fourth-order valence-electron chi connectivity index (χ4n) is 4.11. The van der Waals surface area contributed by atoms with E-state index >= 15 is 0 Å². The molecule has 0 saturated carbocycles. The average Bonchev–Trinajstić information content (AvgIpc) is 3.44. The summed E-state index contributed by atoms with van der Waals surface area (Å²) in [5.74, 6) is -0.365. The molecule has 1 atom stereocenters. The first-order valence-corrected chi connectivity index (χ1v) is 11.3. The van der Waals surface area contributed by atoms with Gasteiger partial charge in [0.15, 0.2) is 11.6 Å². The Bertz CT molecular complexity index is 1040. The molecule has 31 heavy (non-hydrogen) atoms. The van der Waals surface area contributed by atoms with Crippen LogP contribution in [0, 0.1) is 18.7 Å². The van der Waals surface area contributed by atoms with Crippen molar-refractivity contribution in [1.29, 1.82) is 0 Å². The number of aromatic nitrogens is 5. The number of aryl methyl sites for hydroxylation is 2. The molecule has 0 radical (unpaired) electrons. The van der Waals surface area contributed by atoms with Gasteiger partial charge in [-0.3, -0.25) is 9.48 Å². The van der Waals surface area contributed by atoms with Crippen LogP contribution in [0.2, 0.25) is 0 Å². The van der Waals surface area contributed by atoms with Gasteiger partial charge in [-0.15, -0.1) is 11.3 Å². The fraction of sp³-hybridized carbons (Fsp3) is 0.476. The van der Waals surface area contributed by atoms with Gasteiger partial charge in [-0.25, -0.2) is 19.3 Å². The monoisotopic (exact) mass is 443 g/mol. The quantitative estimate of drug-likeness (QED) is 0.608. The van der Waals surface area contributed by atoms with Crippen LogP contribution < -0.4 is 10.6 Å². The molecule has 2 N–H and O–H groups in total. The number of nitrogens with zero attached hydrogens (tertiary/aromatic N) is 5. The van der Waals surface area contributed by atoms with Crippen molar-refractivity contribution in [1.82, 2.24) is 35.4 Å². The van der Waals surface area contributed by atoms with E-state index in [0.29, 0.717) is 23.6 Å². The Morgan fingerprint density at radius 3 is 2.74 bits per heavy atom. The highest BCUT2D eigenvalue weighted by Crippen LogP contribution is 2.33. The number of nitrogens with one attached hydrogen (secondary N) is 2. The molecular formula is C21H26FN7OS. The number of amides is 1. The summed E-state index contributed by atoms with van der Waals surface area (Å²) in [6, 6.07) is 0. The van der Waals surface area contributed by atoms with Crippen LogP contribution >= 0.6 is 11.3 Å². The molecule has 3 aromatic heterocycles. The van der Waals surface area contributed by atoms with Gasteiger partial charge in [0.25, 0.3) is 0 Å². The van der Waals surface area contributed by atoms with Crippen LogP contribution in [0.1, 0.15) is 43.3 Å². The molecule has 0 aromatic carbocycles. The maximum atomic E-state index is 14.8. The second-order valence-corrected chi connectivity index (χ2v) is 8.55. The van der Waals surface area contributed by atoms with Crippen molar-refractivity contribution in [3.8, 4) is 11.4 Å². The third kappa shape index (κ3) is 3.97. The van der Waals surface area contributed by atoms with E-state index in [4.69, 9.17) is 0 Å². The predicted octanol–water partition coefficient (Wildman–Crippen LogP) is 2.55. The normalized spacial score (nSPS) is 16.8. The lowest BCUT2D eigenvalue weighted by molar-refractivity contribution is -0.127. The van der Waals surface area contributed by atoms with Crippen LogP contribution in [0.15, 0.2) is 23.3 Å². The van der Waals surface area contributed by atoms with Crippen LogP contribution in [-0.4, -0.2) is 43.7 Å². The predicted molar refractivity (Wildman–Crippen MR) is 116 cm³/mol. The fourth-order valence-corrected chi connectivity index (χ4v) is 4.73. The highest BCUT2D eigenvalue weighted by molar-refractivity contribution is 7.07. The molecule has 10 heteroatoms. The molecule has 1 unspecified atom stereocenters. The summed E-state index contributed by atoms with van der Waals surface area (Å²) >= 11 is 1.43. The van der Waals surface area contributed by atoms with Gasteiger partial charge in [0, 0.05) is 18.3 Å². The topological polar surface area (TPSA) is 97.6 Å². The first kappa shape index (κ1) is 21.5. The van der Waals surface area contributed by atoms with E-state index in [9.17, 15) is 9.18 Å². The lowest BCUT2D eigenvalue weighted by atomic mass is 9.88. The van der Waals surface area contributed by atoms with Crippen LogP contribution in [0.5, 0.6) is 0 Å². The molecule has 0 spiro atoms. The van der Waals surface area contributed by atoms with E-state index in [-0.39, 0.29) is 17.5 Å². The van der Waals surface area contributed by atoms with Gasteiger partial charge in [0.2, 0.25) is 5.91 Å². The average molecular weight is 444 g/mol. The Labute approximate surface area is 184 Å².